The number of halogens is 1. The molecule has 1 aliphatic heterocycles. The van der Waals surface area contributed by atoms with Crippen LogP contribution in [0.3, 0.4) is 0 Å². The summed E-state index contributed by atoms with van der Waals surface area (Å²) in [7, 11) is 0. The molecule has 2 aromatic carbocycles. The second kappa shape index (κ2) is 10.9. The molecule has 6 nitrogen and oxygen atoms in total. The van der Waals surface area contributed by atoms with E-state index in [4.69, 9.17) is 21.1 Å². The number of amides is 2. The van der Waals surface area contributed by atoms with Crippen molar-refractivity contribution in [2.24, 2.45) is 0 Å². The smallest absolute Gasteiger partial charge is 0.247 e. The lowest BCUT2D eigenvalue weighted by Crippen LogP contribution is -2.51. The van der Waals surface area contributed by atoms with Crippen LogP contribution in [0.2, 0.25) is 0 Å². The summed E-state index contributed by atoms with van der Waals surface area (Å²) in [4.78, 5) is 28.3. The zero-order chi connectivity index (χ0) is 23.2. The highest BCUT2D eigenvalue weighted by atomic mass is 35.5. The second-order valence-corrected chi connectivity index (χ2v) is 9.05. The Hall–Kier alpha value is -2.73. The van der Waals surface area contributed by atoms with Gasteiger partial charge in [0.05, 0.1) is 6.54 Å². The van der Waals surface area contributed by atoms with Gasteiger partial charge in [-0.2, -0.15) is 0 Å². The Bertz CT molecular complexity index is 976. The summed E-state index contributed by atoms with van der Waals surface area (Å²) in [6.07, 6.45) is 4.93. The van der Waals surface area contributed by atoms with E-state index in [2.05, 4.69) is 5.32 Å². The van der Waals surface area contributed by atoms with Gasteiger partial charge >= 0.3 is 0 Å². The number of carbonyl (C=O) groups is 2. The molecule has 0 radical (unpaired) electrons. The molecule has 0 aromatic heterocycles. The van der Waals surface area contributed by atoms with Crippen LogP contribution < -0.4 is 14.8 Å². The third-order valence-electron chi connectivity index (χ3n) is 6.40. The molecule has 2 aromatic rings. The maximum absolute atomic E-state index is 13.6. The summed E-state index contributed by atoms with van der Waals surface area (Å²) in [5.74, 6) is 0.599. The van der Waals surface area contributed by atoms with Gasteiger partial charge in [0, 0.05) is 6.04 Å². The molecule has 2 aliphatic rings. The maximum Gasteiger partial charge on any atom is 0.247 e. The Morgan fingerprint density at radius 3 is 2.48 bits per heavy atom. The Morgan fingerprint density at radius 1 is 1.06 bits per heavy atom. The second-order valence-electron chi connectivity index (χ2n) is 8.78. The van der Waals surface area contributed by atoms with E-state index >= 15 is 0 Å². The lowest BCUT2D eigenvalue weighted by molar-refractivity contribution is -0.141. The SMILES string of the molecule is Cc1ccccc1[C@@H](C(=O)NC1CCCCC1)N(C[C@@H]1COc2ccccc2O1)C(=O)CCl. The molecule has 4 rings (SSSR count). The van der Waals surface area contributed by atoms with Gasteiger partial charge in [-0.05, 0) is 43.0 Å². The molecule has 1 fully saturated rings. The van der Waals surface area contributed by atoms with Crippen LogP contribution in [0.15, 0.2) is 48.5 Å². The van der Waals surface area contributed by atoms with Crippen LogP contribution in [0, 0.1) is 6.92 Å². The van der Waals surface area contributed by atoms with E-state index in [0.29, 0.717) is 11.5 Å². The fraction of sp³-hybridized carbons (Fsp3) is 0.462. The number of hydrogen-bond acceptors (Lipinski definition) is 4. The molecular weight excluding hydrogens is 440 g/mol. The van der Waals surface area contributed by atoms with Crippen molar-refractivity contribution in [2.45, 2.75) is 57.2 Å². The van der Waals surface area contributed by atoms with Crippen LogP contribution in [0.5, 0.6) is 11.5 Å². The number of fused-ring (bicyclic) bond motifs is 1. The molecule has 0 bridgehead atoms. The molecule has 2 amide bonds. The minimum Gasteiger partial charge on any atom is -0.486 e. The molecule has 33 heavy (non-hydrogen) atoms. The highest BCUT2D eigenvalue weighted by molar-refractivity contribution is 6.27. The Kier molecular flexibility index (Phi) is 7.76. The summed E-state index contributed by atoms with van der Waals surface area (Å²) in [5.41, 5.74) is 1.74. The summed E-state index contributed by atoms with van der Waals surface area (Å²) >= 11 is 6.02. The molecule has 7 heteroatoms. The predicted octanol–water partition coefficient (Wildman–Crippen LogP) is 4.39. The van der Waals surface area contributed by atoms with Crippen molar-refractivity contribution in [3.63, 3.8) is 0 Å². The van der Waals surface area contributed by atoms with E-state index in [1.165, 1.54) is 6.42 Å². The first kappa shape index (κ1) is 23.4. The van der Waals surface area contributed by atoms with Gasteiger partial charge in [-0.15, -0.1) is 11.6 Å². The summed E-state index contributed by atoms with van der Waals surface area (Å²) < 4.78 is 12.0. The van der Waals surface area contributed by atoms with Crippen molar-refractivity contribution in [1.29, 1.82) is 0 Å². The van der Waals surface area contributed by atoms with Gasteiger partial charge in [-0.25, -0.2) is 0 Å². The Balaban J connectivity index is 1.61. The highest BCUT2D eigenvalue weighted by Gasteiger charge is 2.36. The minimum absolute atomic E-state index is 0.131. The van der Waals surface area contributed by atoms with Crippen molar-refractivity contribution in [3.8, 4) is 11.5 Å². The molecule has 176 valence electrons. The third kappa shape index (κ3) is 5.61. The number of benzene rings is 2. The number of alkyl halides is 1. The average Bonchev–Trinajstić information content (AvgIpc) is 2.84. The molecule has 1 aliphatic carbocycles. The van der Waals surface area contributed by atoms with Crippen molar-refractivity contribution in [3.05, 3.63) is 59.7 Å². The number of para-hydroxylation sites is 2. The van der Waals surface area contributed by atoms with Gasteiger partial charge in [0.15, 0.2) is 17.6 Å². The first-order valence-electron chi connectivity index (χ1n) is 11.7. The van der Waals surface area contributed by atoms with Gasteiger partial charge in [-0.3, -0.25) is 9.59 Å². The van der Waals surface area contributed by atoms with Crippen LogP contribution in [0.4, 0.5) is 0 Å². The van der Waals surface area contributed by atoms with E-state index in [0.717, 1.165) is 36.8 Å². The van der Waals surface area contributed by atoms with Crippen molar-refractivity contribution in [1.82, 2.24) is 10.2 Å². The fourth-order valence-corrected chi connectivity index (χ4v) is 4.83. The van der Waals surface area contributed by atoms with Gasteiger partial charge in [-0.1, -0.05) is 55.7 Å². The van der Waals surface area contributed by atoms with Crippen LogP contribution in [-0.4, -0.2) is 47.9 Å². The standard InChI is InChI=1S/C26H31ClN2O4/c1-18-9-5-6-12-21(18)25(26(31)28-19-10-3-2-4-11-19)29(24(30)15-27)16-20-17-32-22-13-7-8-14-23(22)33-20/h5-9,12-14,19-20,25H,2-4,10-11,15-17H2,1H3,(H,28,31)/t20-,25+/m1/s1. The van der Waals surface area contributed by atoms with E-state index in [1.54, 1.807) is 4.90 Å². The first-order valence-corrected chi connectivity index (χ1v) is 12.2. The zero-order valence-corrected chi connectivity index (χ0v) is 19.7. The van der Waals surface area contributed by atoms with Crippen LogP contribution in [0.25, 0.3) is 0 Å². The Morgan fingerprint density at radius 2 is 1.76 bits per heavy atom. The number of carbonyl (C=O) groups excluding carboxylic acids is 2. The molecule has 0 spiro atoms. The van der Waals surface area contributed by atoms with E-state index in [1.807, 2.05) is 55.5 Å². The Labute approximate surface area is 200 Å². The lowest BCUT2D eigenvalue weighted by Gasteiger charge is -2.36. The summed E-state index contributed by atoms with van der Waals surface area (Å²) in [6, 6.07) is 14.5. The van der Waals surface area contributed by atoms with Crippen molar-refractivity contribution >= 4 is 23.4 Å². The molecular formula is C26H31ClN2O4. The minimum atomic E-state index is -0.792. The number of nitrogens with zero attached hydrogens (tertiary/aromatic N) is 1. The van der Waals surface area contributed by atoms with E-state index < -0.39 is 12.1 Å². The zero-order valence-electron chi connectivity index (χ0n) is 19.0. The molecule has 0 saturated heterocycles. The molecule has 1 saturated carbocycles. The van der Waals surface area contributed by atoms with Gasteiger partial charge in [0.25, 0.3) is 0 Å². The lowest BCUT2D eigenvalue weighted by atomic mass is 9.94. The number of ether oxygens (including phenoxy) is 2. The van der Waals surface area contributed by atoms with Gasteiger partial charge in [0.2, 0.25) is 11.8 Å². The number of aryl methyl sites for hydroxylation is 1. The van der Waals surface area contributed by atoms with Gasteiger partial charge in [0.1, 0.15) is 18.5 Å². The highest BCUT2D eigenvalue weighted by Crippen LogP contribution is 2.33. The predicted molar refractivity (Wildman–Crippen MR) is 128 cm³/mol. The number of nitrogens with one attached hydrogen (secondary N) is 1. The normalized spacial score (nSPS) is 18.9. The largest absolute Gasteiger partial charge is 0.486 e. The van der Waals surface area contributed by atoms with Crippen molar-refractivity contribution < 1.29 is 19.1 Å². The monoisotopic (exact) mass is 470 g/mol. The maximum atomic E-state index is 13.6. The number of hydrogen-bond donors (Lipinski definition) is 1. The molecule has 1 heterocycles. The fourth-order valence-electron chi connectivity index (χ4n) is 4.67. The topological polar surface area (TPSA) is 67.9 Å². The van der Waals surface area contributed by atoms with Crippen LogP contribution in [-0.2, 0) is 9.59 Å². The van der Waals surface area contributed by atoms with Crippen molar-refractivity contribution in [2.75, 3.05) is 19.0 Å². The molecule has 1 N–H and O–H groups in total. The summed E-state index contributed by atoms with van der Waals surface area (Å²) in [6.45, 7) is 2.43. The summed E-state index contributed by atoms with van der Waals surface area (Å²) in [5, 5.41) is 3.21. The van der Waals surface area contributed by atoms with E-state index in [9.17, 15) is 9.59 Å². The van der Waals surface area contributed by atoms with E-state index in [-0.39, 0.29) is 36.9 Å². The first-order chi connectivity index (χ1) is 16.1. The quantitative estimate of drug-likeness (QED) is 0.609. The average molecular weight is 471 g/mol. The molecule has 2 atom stereocenters. The molecule has 0 unspecified atom stereocenters. The van der Waals surface area contributed by atoms with Crippen LogP contribution >= 0.6 is 11.6 Å². The third-order valence-corrected chi connectivity index (χ3v) is 6.63. The van der Waals surface area contributed by atoms with Crippen LogP contribution in [0.1, 0.15) is 49.3 Å². The van der Waals surface area contributed by atoms with Gasteiger partial charge < -0.3 is 19.7 Å². The number of rotatable bonds is 7.